The topological polar surface area (TPSA) is 80.9 Å². The van der Waals surface area contributed by atoms with Crippen LogP contribution in [0.1, 0.15) is 12.8 Å². The molecule has 2 heterocycles. The third kappa shape index (κ3) is 2.97. The van der Waals surface area contributed by atoms with Crippen molar-refractivity contribution in [2.24, 2.45) is 0 Å². The molecular formula is C12H10N4O2S2. The quantitative estimate of drug-likeness (QED) is 0.589. The summed E-state index contributed by atoms with van der Waals surface area (Å²) in [5, 5.41) is 11.0. The van der Waals surface area contributed by atoms with Crippen LogP contribution >= 0.6 is 23.1 Å². The van der Waals surface area contributed by atoms with Crippen LogP contribution in [0, 0.1) is 0 Å². The van der Waals surface area contributed by atoms with Gasteiger partial charge >= 0.3 is 0 Å². The number of rotatable bonds is 4. The molecule has 1 aromatic carbocycles. The van der Waals surface area contributed by atoms with Gasteiger partial charge in [0.05, 0.1) is 5.75 Å². The van der Waals surface area contributed by atoms with Crippen molar-refractivity contribution in [1.29, 1.82) is 0 Å². The van der Waals surface area contributed by atoms with Gasteiger partial charge in [0.25, 0.3) is 0 Å². The standard InChI is InChI=1S/C12H10N4O2S2/c1-7(17)13-11-15-16-12(20-11)19-6-10-14-8-4-2-3-5-9(8)18-10/h2-5H,6H2,1H3,(H,13,15,17). The third-order valence-corrected chi connectivity index (χ3v) is 4.30. The Morgan fingerprint density at radius 2 is 2.25 bits per heavy atom. The summed E-state index contributed by atoms with van der Waals surface area (Å²) in [4.78, 5) is 15.3. The first-order valence-electron chi connectivity index (χ1n) is 5.79. The molecule has 0 bridgehead atoms. The number of thioether (sulfide) groups is 1. The van der Waals surface area contributed by atoms with Crippen LogP contribution in [0.3, 0.4) is 0 Å². The number of anilines is 1. The molecule has 0 spiro atoms. The molecule has 3 rings (SSSR count). The maximum Gasteiger partial charge on any atom is 0.223 e. The van der Waals surface area contributed by atoms with Gasteiger partial charge in [-0.25, -0.2) is 4.98 Å². The van der Waals surface area contributed by atoms with Gasteiger partial charge in [-0.1, -0.05) is 35.2 Å². The Morgan fingerprint density at radius 1 is 1.40 bits per heavy atom. The molecule has 0 atom stereocenters. The van der Waals surface area contributed by atoms with Gasteiger partial charge in [0.1, 0.15) is 5.52 Å². The molecular weight excluding hydrogens is 296 g/mol. The molecule has 0 unspecified atom stereocenters. The Balaban J connectivity index is 1.66. The average molecular weight is 306 g/mol. The van der Waals surface area contributed by atoms with Gasteiger partial charge in [0.2, 0.25) is 16.9 Å². The first-order valence-corrected chi connectivity index (χ1v) is 7.59. The summed E-state index contributed by atoms with van der Waals surface area (Å²) in [5.74, 6) is 1.06. The number of nitrogens with one attached hydrogen (secondary N) is 1. The molecule has 0 aliphatic heterocycles. The van der Waals surface area contributed by atoms with Crippen LogP contribution in [0.2, 0.25) is 0 Å². The average Bonchev–Trinajstić information content (AvgIpc) is 3.01. The predicted molar refractivity (Wildman–Crippen MR) is 77.8 cm³/mol. The Hall–Kier alpha value is -1.93. The van der Waals surface area contributed by atoms with Gasteiger partial charge in [-0.3, -0.25) is 4.79 Å². The van der Waals surface area contributed by atoms with Crippen molar-refractivity contribution in [1.82, 2.24) is 15.2 Å². The van der Waals surface area contributed by atoms with Crippen LogP contribution in [-0.2, 0) is 10.5 Å². The molecule has 8 heteroatoms. The molecule has 1 N–H and O–H groups in total. The molecule has 0 saturated carbocycles. The van der Waals surface area contributed by atoms with E-state index in [1.165, 1.54) is 30.0 Å². The van der Waals surface area contributed by atoms with Crippen molar-refractivity contribution < 1.29 is 9.21 Å². The van der Waals surface area contributed by atoms with Gasteiger partial charge in [0.15, 0.2) is 9.92 Å². The predicted octanol–water partition coefficient (Wildman–Crippen LogP) is 2.93. The van der Waals surface area contributed by atoms with E-state index in [4.69, 9.17) is 4.42 Å². The Morgan fingerprint density at radius 3 is 3.05 bits per heavy atom. The van der Waals surface area contributed by atoms with E-state index in [1.54, 1.807) is 0 Å². The van der Waals surface area contributed by atoms with E-state index in [1.807, 2.05) is 24.3 Å². The van der Waals surface area contributed by atoms with E-state index in [-0.39, 0.29) is 5.91 Å². The summed E-state index contributed by atoms with van der Waals surface area (Å²) in [5.41, 5.74) is 1.62. The molecule has 0 radical (unpaired) electrons. The zero-order chi connectivity index (χ0) is 13.9. The highest BCUT2D eigenvalue weighted by atomic mass is 32.2. The second kappa shape index (κ2) is 5.59. The highest BCUT2D eigenvalue weighted by Crippen LogP contribution is 2.29. The largest absolute Gasteiger partial charge is 0.440 e. The fraction of sp³-hybridized carbons (Fsp3) is 0.167. The normalized spacial score (nSPS) is 10.8. The van der Waals surface area contributed by atoms with Crippen molar-refractivity contribution in [2.75, 3.05) is 5.32 Å². The minimum atomic E-state index is -0.156. The Labute approximate surface area is 122 Å². The van der Waals surface area contributed by atoms with Crippen LogP contribution in [0.5, 0.6) is 0 Å². The lowest BCUT2D eigenvalue weighted by Gasteiger charge is -1.92. The van der Waals surface area contributed by atoms with Crippen molar-refractivity contribution in [2.45, 2.75) is 17.0 Å². The van der Waals surface area contributed by atoms with E-state index in [2.05, 4.69) is 20.5 Å². The van der Waals surface area contributed by atoms with E-state index in [0.29, 0.717) is 16.8 Å². The Kier molecular flexibility index (Phi) is 3.66. The number of hydrogen-bond donors (Lipinski definition) is 1. The van der Waals surface area contributed by atoms with Crippen molar-refractivity contribution in [3.8, 4) is 0 Å². The van der Waals surface area contributed by atoms with Crippen molar-refractivity contribution in [3.63, 3.8) is 0 Å². The molecule has 0 aliphatic carbocycles. The summed E-state index contributed by atoms with van der Waals surface area (Å²) < 4.78 is 6.38. The fourth-order valence-electron chi connectivity index (χ4n) is 1.57. The number of oxazole rings is 1. The smallest absolute Gasteiger partial charge is 0.223 e. The molecule has 0 saturated heterocycles. The fourth-order valence-corrected chi connectivity index (χ4v) is 3.22. The van der Waals surface area contributed by atoms with Gasteiger partial charge in [-0.2, -0.15) is 0 Å². The molecule has 6 nitrogen and oxygen atoms in total. The molecule has 0 fully saturated rings. The first-order chi connectivity index (χ1) is 9.70. The zero-order valence-corrected chi connectivity index (χ0v) is 12.1. The minimum absolute atomic E-state index is 0.156. The second-order valence-electron chi connectivity index (χ2n) is 3.92. The molecule has 1 amide bonds. The highest BCUT2D eigenvalue weighted by molar-refractivity contribution is 8.00. The van der Waals surface area contributed by atoms with E-state index >= 15 is 0 Å². The summed E-state index contributed by atoms with van der Waals surface area (Å²) in [6.45, 7) is 1.44. The summed E-state index contributed by atoms with van der Waals surface area (Å²) in [6, 6.07) is 7.63. The molecule has 3 aromatic rings. The number of aromatic nitrogens is 3. The third-order valence-electron chi connectivity index (χ3n) is 2.35. The lowest BCUT2D eigenvalue weighted by Crippen LogP contribution is -2.04. The SMILES string of the molecule is CC(=O)Nc1nnc(SCc2nc3ccccc3o2)s1. The number of fused-ring (bicyclic) bond motifs is 1. The lowest BCUT2D eigenvalue weighted by molar-refractivity contribution is -0.114. The second-order valence-corrected chi connectivity index (χ2v) is 6.12. The summed E-state index contributed by atoms with van der Waals surface area (Å²) >= 11 is 2.80. The minimum Gasteiger partial charge on any atom is -0.440 e. The molecule has 0 aliphatic rings. The monoisotopic (exact) mass is 306 g/mol. The van der Waals surface area contributed by atoms with Crippen LogP contribution < -0.4 is 5.32 Å². The first kappa shape index (κ1) is 13.1. The Bertz CT molecular complexity index is 720. The van der Waals surface area contributed by atoms with Gasteiger partial charge in [-0.15, -0.1) is 10.2 Å². The van der Waals surface area contributed by atoms with Crippen LogP contribution in [0.25, 0.3) is 11.1 Å². The van der Waals surface area contributed by atoms with E-state index < -0.39 is 0 Å². The maximum absolute atomic E-state index is 10.9. The number of amides is 1. The zero-order valence-electron chi connectivity index (χ0n) is 10.5. The molecule has 2 aromatic heterocycles. The number of nitrogens with zero attached hydrogens (tertiary/aromatic N) is 3. The van der Waals surface area contributed by atoms with Crippen LogP contribution in [0.15, 0.2) is 33.0 Å². The van der Waals surface area contributed by atoms with Crippen LogP contribution in [0.4, 0.5) is 5.13 Å². The number of para-hydroxylation sites is 2. The van der Waals surface area contributed by atoms with Gasteiger partial charge in [-0.05, 0) is 12.1 Å². The van der Waals surface area contributed by atoms with Gasteiger partial charge in [0, 0.05) is 6.92 Å². The summed E-state index contributed by atoms with van der Waals surface area (Å²) in [6.07, 6.45) is 0. The van der Waals surface area contributed by atoms with E-state index in [0.717, 1.165) is 15.4 Å². The molecule has 20 heavy (non-hydrogen) atoms. The number of carbonyl (C=O) groups excluding carboxylic acids is 1. The highest BCUT2D eigenvalue weighted by Gasteiger charge is 2.09. The maximum atomic E-state index is 10.9. The van der Waals surface area contributed by atoms with Crippen molar-refractivity contribution in [3.05, 3.63) is 30.2 Å². The number of benzene rings is 1. The van der Waals surface area contributed by atoms with Crippen molar-refractivity contribution >= 4 is 45.2 Å². The van der Waals surface area contributed by atoms with Gasteiger partial charge < -0.3 is 9.73 Å². The summed E-state index contributed by atoms with van der Waals surface area (Å²) in [7, 11) is 0. The lowest BCUT2D eigenvalue weighted by atomic mass is 10.3. The number of hydrogen-bond acceptors (Lipinski definition) is 7. The van der Waals surface area contributed by atoms with Crippen LogP contribution in [-0.4, -0.2) is 21.1 Å². The molecule has 102 valence electrons. The number of carbonyl (C=O) groups is 1. The van der Waals surface area contributed by atoms with E-state index in [9.17, 15) is 4.79 Å².